The number of thioether (sulfide) groups is 1. The molecule has 134 valence electrons. The Hall–Kier alpha value is -2.60. The van der Waals surface area contributed by atoms with E-state index in [0.717, 1.165) is 28.1 Å². The van der Waals surface area contributed by atoms with Gasteiger partial charge in [-0.2, -0.15) is 0 Å². The molecule has 1 heterocycles. The maximum Gasteiger partial charge on any atom is 0.240 e. The van der Waals surface area contributed by atoms with E-state index in [1.165, 1.54) is 11.8 Å². The number of carbonyl (C=O) groups is 2. The lowest BCUT2D eigenvalue weighted by atomic mass is 10.1. The number of benzene rings is 2. The summed E-state index contributed by atoms with van der Waals surface area (Å²) in [5.41, 5.74) is 4.89. The summed E-state index contributed by atoms with van der Waals surface area (Å²) >= 11 is 1.30. The molecule has 1 aliphatic heterocycles. The predicted molar refractivity (Wildman–Crippen MR) is 107 cm³/mol. The highest BCUT2D eigenvalue weighted by molar-refractivity contribution is 8.15. The van der Waals surface area contributed by atoms with Gasteiger partial charge < -0.3 is 10.6 Å². The van der Waals surface area contributed by atoms with Crippen LogP contribution in [0.1, 0.15) is 23.1 Å². The minimum atomic E-state index is -0.467. The number of nitrogens with zero attached hydrogens (tertiary/aromatic N) is 1. The average molecular weight is 367 g/mol. The van der Waals surface area contributed by atoms with Crippen LogP contribution in [-0.4, -0.2) is 22.2 Å². The van der Waals surface area contributed by atoms with E-state index in [0.29, 0.717) is 5.17 Å². The van der Waals surface area contributed by atoms with Crippen LogP contribution < -0.4 is 10.6 Å². The Morgan fingerprint density at radius 1 is 1.08 bits per heavy atom. The molecule has 0 aliphatic carbocycles. The summed E-state index contributed by atoms with van der Waals surface area (Å²) in [6, 6.07) is 13.6. The van der Waals surface area contributed by atoms with Crippen molar-refractivity contribution >= 4 is 40.1 Å². The second kappa shape index (κ2) is 7.74. The van der Waals surface area contributed by atoms with Gasteiger partial charge in [0.15, 0.2) is 5.17 Å². The van der Waals surface area contributed by atoms with Crippen molar-refractivity contribution in [3.63, 3.8) is 0 Å². The van der Waals surface area contributed by atoms with Crippen LogP contribution in [0.5, 0.6) is 0 Å². The number of rotatable bonds is 4. The molecule has 1 unspecified atom stereocenters. The molecule has 1 fully saturated rings. The zero-order valence-electron chi connectivity index (χ0n) is 15.0. The molecule has 3 rings (SSSR count). The van der Waals surface area contributed by atoms with Gasteiger partial charge in [-0.15, -0.1) is 0 Å². The first kappa shape index (κ1) is 18.2. The third-order valence-corrected chi connectivity index (χ3v) is 5.00. The molecular formula is C20H21N3O2S. The summed E-state index contributed by atoms with van der Waals surface area (Å²) in [6.45, 7) is 6.01. The average Bonchev–Trinajstić information content (AvgIpc) is 2.88. The Morgan fingerprint density at radius 3 is 2.38 bits per heavy atom. The number of amidine groups is 1. The van der Waals surface area contributed by atoms with Gasteiger partial charge in [0.1, 0.15) is 5.25 Å². The number of hydrogen-bond acceptors (Lipinski definition) is 4. The van der Waals surface area contributed by atoms with Gasteiger partial charge in [-0.1, -0.05) is 35.5 Å². The summed E-state index contributed by atoms with van der Waals surface area (Å²) < 4.78 is 0. The Bertz CT molecular complexity index is 855. The SMILES string of the molecule is Cc1ccc(NC(=O)CC2SC(=Nc3cc(C)cc(C)c3)NC2=O)cc1. The van der Waals surface area contributed by atoms with Crippen LogP contribution in [-0.2, 0) is 9.59 Å². The van der Waals surface area contributed by atoms with Gasteiger partial charge in [0.25, 0.3) is 0 Å². The van der Waals surface area contributed by atoms with Gasteiger partial charge in [-0.3, -0.25) is 9.59 Å². The van der Waals surface area contributed by atoms with Crippen molar-refractivity contribution < 1.29 is 9.59 Å². The van der Waals surface area contributed by atoms with Gasteiger partial charge in [-0.05, 0) is 56.2 Å². The second-order valence-corrected chi connectivity index (χ2v) is 7.67. The van der Waals surface area contributed by atoms with Crippen molar-refractivity contribution in [3.8, 4) is 0 Å². The molecule has 1 saturated heterocycles. The van der Waals surface area contributed by atoms with Crippen molar-refractivity contribution in [2.45, 2.75) is 32.4 Å². The molecule has 5 nitrogen and oxygen atoms in total. The van der Waals surface area contributed by atoms with Crippen LogP contribution in [0.3, 0.4) is 0 Å². The van der Waals surface area contributed by atoms with Crippen molar-refractivity contribution in [2.75, 3.05) is 5.32 Å². The summed E-state index contributed by atoms with van der Waals surface area (Å²) in [5, 5.41) is 5.65. The number of hydrogen-bond donors (Lipinski definition) is 2. The normalized spacial score (nSPS) is 18.0. The van der Waals surface area contributed by atoms with Crippen LogP contribution in [0.2, 0.25) is 0 Å². The number of anilines is 1. The lowest BCUT2D eigenvalue weighted by Crippen LogP contribution is -2.28. The zero-order valence-corrected chi connectivity index (χ0v) is 15.8. The molecule has 1 aliphatic rings. The van der Waals surface area contributed by atoms with Crippen molar-refractivity contribution in [1.82, 2.24) is 5.32 Å². The van der Waals surface area contributed by atoms with E-state index in [2.05, 4.69) is 21.7 Å². The summed E-state index contributed by atoms with van der Waals surface area (Å²) in [7, 11) is 0. The van der Waals surface area contributed by atoms with Crippen LogP contribution in [0.15, 0.2) is 47.5 Å². The number of amides is 2. The van der Waals surface area contributed by atoms with Gasteiger partial charge >= 0.3 is 0 Å². The van der Waals surface area contributed by atoms with E-state index in [-0.39, 0.29) is 18.2 Å². The molecule has 0 spiro atoms. The Kier molecular flexibility index (Phi) is 5.42. The molecular weight excluding hydrogens is 346 g/mol. The summed E-state index contributed by atoms with van der Waals surface area (Å²) in [4.78, 5) is 28.9. The van der Waals surface area contributed by atoms with Crippen molar-refractivity contribution in [2.24, 2.45) is 4.99 Å². The van der Waals surface area contributed by atoms with Gasteiger partial charge in [0.05, 0.1) is 5.69 Å². The van der Waals surface area contributed by atoms with Crippen molar-refractivity contribution in [3.05, 3.63) is 59.2 Å². The van der Waals surface area contributed by atoms with E-state index in [9.17, 15) is 9.59 Å². The first-order valence-corrected chi connectivity index (χ1v) is 9.28. The highest BCUT2D eigenvalue weighted by Crippen LogP contribution is 2.26. The Balaban J connectivity index is 1.63. The first-order valence-electron chi connectivity index (χ1n) is 8.40. The molecule has 2 amide bonds. The van der Waals surface area contributed by atoms with Crippen LogP contribution in [0.4, 0.5) is 11.4 Å². The lowest BCUT2D eigenvalue weighted by molar-refractivity contribution is -0.122. The second-order valence-electron chi connectivity index (χ2n) is 6.48. The van der Waals surface area contributed by atoms with Gasteiger partial charge in [0.2, 0.25) is 11.8 Å². The maximum absolute atomic E-state index is 12.2. The minimum absolute atomic E-state index is 0.107. The third kappa shape index (κ3) is 4.73. The van der Waals surface area contributed by atoms with E-state index in [1.54, 1.807) is 0 Å². The minimum Gasteiger partial charge on any atom is -0.326 e. The monoisotopic (exact) mass is 367 g/mol. The number of aryl methyl sites for hydroxylation is 3. The fraction of sp³-hybridized carbons (Fsp3) is 0.250. The van der Waals surface area contributed by atoms with Crippen LogP contribution in [0.25, 0.3) is 0 Å². The molecule has 26 heavy (non-hydrogen) atoms. The summed E-state index contributed by atoms with van der Waals surface area (Å²) in [5.74, 6) is -0.369. The zero-order chi connectivity index (χ0) is 18.7. The fourth-order valence-electron chi connectivity index (χ4n) is 2.74. The highest BCUT2D eigenvalue weighted by atomic mass is 32.2. The molecule has 0 saturated carbocycles. The van der Waals surface area contributed by atoms with Gasteiger partial charge in [-0.25, -0.2) is 4.99 Å². The highest BCUT2D eigenvalue weighted by Gasteiger charge is 2.32. The summed E-state index contributed by atoms with van der Waals surface area (Å²) in [6.07, 6.45) is 0.107. The maximum atomic E-state index is 12.2. The number of nitrogens with one attached hydrogen (secondary N) is 2. The fourth-order valence-corrected chi connectivity index (χ4v) is 3.73. The van der Waals surface area contributed by atoms with E-state index >= 15 is 0 Å². The molecule has 6 heteroatoms. The smallest absolute Gasteiger partial charge is 0.240 e. The van der Waals surface area contributed by atoms with Gasteiger partial charge in [0, 0.05) is 12.1 Å². The third-order valence-electron chi connectivity index (χ3n) is 3.92. The quantitative estimate of drug-likeness (QED) is 0.862. The van der Waals surface area contributed by atoms with E-state index < -0.39 is 5.25 Å². The van der Waals surface area contributed by atoms with E-state index in [4.69, 9.17) is 0 Å². The molecule has 2 N–H and O–H groups in total. The molecule has 2 aromatic carbocycles. The van der Waals surface area contributed by atoms with Crippen LogP contribution >= 0.6 is 11.8 Å². The molecule has 0 bridgehead atoms. The molecule has 0 aromatic heterocycles. The molecule has 1 atom stereocenters. The van der Waals surface area contributed by atoms with Crippen LogP contribution in [0, 0.1) is 20.8 Å². The Morgan fingerprint density at radius 2 is 1.73 bits per heavy atom. The van der Waals surface area contributed by atoms with E-state index in [1.807, 2.05) is 57.2 Å². The Labute approximate surface area is 157 Å². The predicted octanol–water partition coefficient (Wildman–Crippen LogP) is 3.86. The number of aliphatic imine (C=N–C) groups is 1. The topological polar surface area (TPSA) is 70.6 Å². The molecule has 2 aromatic rings. The lowest BCUT2D eigenvalue weighted by Gasteiger charge is -2.07. The standard InChI is InChI=1S/C20H21N3O2S/c1-12-4-6-15(7-5-12)21-18(24)11-17-19(25)23-20(26-17)22-16-9-13(2)8-14(3)10-16/h4-10,17H,11H2,1-3H3,(H,21,24)(H,22,23,25). The van der Waals surface area contributed by atoms with Crippen molar-refractivity contribution in [1.29, 1.82) is 0 Å². The first-order chi connectivity index (χ1) is 12.4. The molecule has 0 radical (unpaired) electrons. The largest absolute Gasteiger partial charge is 0.326 e. The number of carbonyl (C=O) groups excluding carboxylic acids is 2.